The lowest BCUT2D eigenvalue weighted by Gasteiger charge is -2.38. The van der Waals surface area contributed by atoms with Crippen LogP contribution in [0.15, 0.2) is 0 Å². The van der Waals surface area contributed by atoms with Crippen LogP contribution in [0.25, 0.3) is 0 Å². The molecule has 1 N–H and O–H groups in total. The predicted molar refractivity (Wildman–Crippen MR) is 71.3 cm³/mol. The lowest BCUT2D eigenvalue weighted by Crippen LogP contribution is -2.48. The van der Waals surface area contributed by atoms with Gasteiger partial charge in [-0.05, 0) is 32.2 Å². The Morgan fingerprint density at radius 1 is 1.29 bits per heavy atom. The van der Waals surface area contributed by atoms with Crippen molar-refractivity contribution in [2.45, 2.75) is 51.7 Å². The van der Waals surface area contributed by atoms with E-state index >= 15 is 0 Å². The van der Waals surface area contributed by atoms with E-state index in [4.69, 9.17) is 4.74 Å². The van der Waals surface area contributed by atoms with Crippen molar-refractivity contribution in [2.24, 2.45) is 5.92 Å². The SMILES string of the molecule is CCNC1CCCCC1CN1CCOC(C)C1. The van der Waals surface area contributed by atoms with Gasteiger partial charge in [0.2, 0.25) is 0 Å². The zero-order valence-corrected chi connectivity index (χ0v) is 11.5. The minimum absolute atomic E-state index is 0.421. The summed E-state index contributed by atoms with van der Waals surface area (Å²) in [6, 6.07) is 0.756. The molecular weight excluding hydrogens is 212 g/mol. The van der Waals surface area contributed by atoms with Crippen LogP contribution >= 0.6 is 0 Å². The molecule has 3 nitrogen and oxygen atoms in total. The molecule has 1 aliphatic heterocycles. The van der Waals surface area contributed by atoms with Gasteiger partial charge >= 0.3 is 0 Å². The van der Waals surface area contributed by atoms with E-state index in [1.54, 1.807) is 0 Å². The third-order valence-electron chi connectivity index (χ3n) is 4.19. The highest BCUT2D eigenvalue weighted by Crippen LogP contribution is 2.25. The van der Waals surface area contributed by atoms with E-state index in [1.807, 2.05) is 0 Å². The summed E-state index contributed by atoms with van der Waals surface area (Å²) in [5.74, 6) is 0.856. The van der Waals surface area contributed by atoms with Crippen molar-refractivity contribution in [3.63, 3.8) is 0 Å². The summed E-state index contributed by atoms with van der Waals surface area (Å²) in [6.07, 6.45) is 6.03. The molecule has 0 aromatic rings. The Hall–Kier alpha value is -0.120. The van der Waals surface area contributed by atoms with Gasteiger partial charge in [0.05, 0.1) is 12.7 Å². The van der Waals surface area contributed by atoms with Gasteiger partial charge in [0.15, 0.2) is 0 Å². The standard InChI is InChI=1S/C14H28N2O/c1-3-15-14-7-5-4-6-13(14)11-16-8-9-17-12(2)10-16/h12-15H,3-11H2,1-2H3. The van der Waals surface area contributed by atoms with Gasteiger partial charge < -0.3 is 10.1 Å². The van der Waals surface area contributed by atoms with E-state index in [0.29, 0.717) is 6.10 Å². The molecule has 0 aromatic heterocycles. The van der Waals surface area contributed by atoms with Crippen LogP contribution in [-0.4, -0.2) is 49.8 Å². The Bertz CT molecular complexity index is 220. The van der Waals surface area contributed by atoms with Gasteiger partial charge in [0.25, 0.3) is 0 Å². The van der Waals surface area contributed by atoms with Gasteiger partial charge in [-0.3, -0.25) is 4.90 Å². The summed E-state index contributed by atoms with van der Waals surface area (Å²) in [5.41, 5.74) is 0. The third-order valence-corrected chi connectivity index (χ3v) is 4.19. The van der Waals surface area contributed by atoms with Crippen molar-refractivity contribution in [1.82, 2.24) is 10.2 Å². The average molecular weight is 240 g/mol. The normalized spacial score (nSPS) is 36.0. The Morgan fingerprint density at radius 3 is 2.88 bits per heavy atom. The summed E-state index contributed by atoms with van der Waals surface area (Å²) in [7, 11) is 0. The van der Waals surface area contributed by atoms with Crippen LogP contribution in [0.3, 0.4) is 0 Å². The van der Waals surface area contributed by atoms with Crippen molar-refractivity contribution < 1.29 is 4.74 Å². The molecular formula is C14H28N2O. The van der Waals surface area contributed by atoms with E-state index in [9.17, 15) is 0 Å². The minimum atomic E-state index is 0.421. The lowest BCUT2D eigenvalue weighted by atomic mass is 9.84. The first-order chi connectivity index (χ1) is 8.29. The maximum Gasteiger partial charge on any atom is 0.0674 e. The number of nitrogens with one attached hydrogen (secondary N) is 1. The maximum atomic E-state index is 5.61. The molecule has 1 heterocycles. The topological polar surface area (TPSA) is 24.5 Å². The van der Waals surface area contributed by atoms with Crippen molar-refractivity contribution in [1.29, 1.82) is 0 Å². The van der Waals surface area contributed by atoms with E-state index in [-0.39, 0.29) is 0 Å². The van der Waals surface area contributed by atoms with Gasteiger partial charge in [-0.15, -0.1) is 0 Å². The number of ether oxygens (including phenoxy) is 1. The largest absolute Gasteiger partial charge is 0.376 e. The summed E-state index contributed by atoms with van der Waals surface area (Å²) in [4.78, 5) is 2.61. The van der Waals surface area contributed by atoms with E-state index in [2.05, 4.69) is 24.1 Å². The zero-order valence-electron chi connectivity index (χ0n) is 11.5. The van der Waals surface area contributed by atoms with Crippen LogP contribution < -0.4 is 5.32 Å². The Labute approximate surface area is 106 Å². The van der Waals surface area contributed by atoms with E-state index < -0.39 is 0 Å². The molecule has 2 rings (SSSR count). The van der Waals surface area contributed by atoms with Crippen LogP contribution in [0.4, 0.5) is 0 Å². The maximum absolute atomic E-state index is 5.61. The molecule has 3 heteroatoms. The molecule has 3 atom stereocenters. The molecule has 0 aromatic carbocycles. The third kappa shape index (κ3) is 3.94. The second-order valence-electron chi connectivity index (χ2n) is 5.65. The molecule has 0 radical (unpaired) electrons. The molecule has 0 spiro atoms. The molecule has 3 unspecified atom stereocenters. The van der Waals surface area contributed by atoms with Crippen LogP contribution in [0.1, 0.15) is 39.5 Å². The predicted octanol–water partition coefficient (Wildman–Crippen LogP) is 1.88. The molecule has 100 valence electrons. The highest BCUT2D eigenvalue weighted by molar-refractivity contribution is 4.84. The Kier molecular flexibility index (Phi) is 5.26. The van der Waals surface area contributed by atoms with Crippen molar-refractivity contribution in [3.05, 3.63) is 0 Å². The molecule has 2 aliphatic rings. The van der Waals surface area contributed by atoms with Crippen molar-refractivity contribution >= 4 is 0 Å². The molecule has 1 saturated carbocycles. The summed E-state index contributed by atoms with van der Waals surface area (Å²) in [5, 5.41) is 3.68. The zero-order chi connectivity index (χ0) is 12.1. The lowest BCUT2D eigenvalue weighted by molar-refractivity contribution is -0.0265. The Morgan fingerprint density at radius 2 is 2.12 bits per heavy atom. The highest BCUT2D eigenvalue weighted by atomic mass is 16.5. The Balaban J connectivity index is 1.82. The summed E-state index contributed by atoms with van der Waals surface area (Å²) >= 11 is 0. The fraction of sp³-hybridized carbons (Fsp3) is 1.00. The first-order valence-corrected chi connectivity index (χ1v) is 7.37. The molecule has 1 aliphatic carbocycles. The molecule has 2 fully saturated rings. The van der Waals surface area contributed by atoms with E-state index in [1.165, 1.54) is 32.2 Å². The van der Waals surface area contributed by atoms with Crippen molar-refractivity contribution in [3.8, 4) is 0 Å². The van der Waals surface area contributed by atoms with Crippen LogP contribution in [0.5, 0.6) is 0 Å². The number of rotatable bonds is 4. The van der Waals surface area contributed by atoms with Gasteiger partial charge in [0, 0.05) is 25.7 Å². The second-order valence-corrected chi connectivity index (χ2v) is 5.65. The smallest absolute Gasteiger partial charge is 0.0674 e. The van der Waals surface area contributed by atoms with Crippen LogP contribution in [0, 0.1) is 5.92 Å². The second kappa shape index (κ2) is 6.72. The van der Waals surface area contributed by atoms with Crippen LogP contribution in [-0.2, 0) is 4.74 Å². The van der Waals surface area contributed by atoms with Crippen LogP contribution in [0.2, 0.25) is 0 Å². The minimum Gasteiger partial charge on any atom is -0.376 e. The fourth-order valence-corrected chi connectivity index (χ4v) is 3.35. The van der Waals surface area contributed by atoms with Gasteiger partial charge in [0.1, 0.15) is 0 Å². The summed E-state index contributed by atoms with van der Waals surface area (Å²) in [6.45, 7) is 9.96. The number of morpholine rings is 1. The van der Waals surface area contributed by atoms with Gasteiger partial charge in [-0.2, -0.15) is 0 Å². The average Bonchev–Trinajstić information content (AvgIpc) is 2.32. The first kappa shape index (κ1) is 13.3. The molecule has 0 bridgehead atoms. The van der Waals surface area contributed by atoms with E-state index in [0.717, 1.165) is 38.2 Å². The molecule has 1 saturated heterocycles. The number of hydrogen-bond acceptors (Lipinski definition) is 3. The monoisotopic (exact) mass is 240 g/mol. The quantitative estimate of drug-likeness (QED) is 0.812. The molecule has 0 amide bonds. The van der Waals surface area contributed by atoms with Crippen molar-refractivity contribution in [2.75, 3.05) is 32.8 Å². The van der Waals surface area contributed by atoms with Gasteiger partial charge in [-0.1, -0.05) is 19.8 Å². The number of nitrogens with zero attached hydrogens (tertiary/aromatic N) is 1. The van der Waals surface area contributed by atoms with Gasteiger partial charge in [-0.25, -0.2) is 0 Å². The fourth-order valence-electron chi connectivity index (χ4n) is 3.35. The summed E-state index contributed by atoms with van der Waals surface area (Å²) < 4.78 is 5.61. The number of hydrogen-bond donors (Lipinski definition) is 1. The molecule has 17 heavy (non-hydrogen) atoms. The first-order valence-electron chi connectivity index (χ1n) is 7.37. The highest BCUT2D eigenvalue weighted by Gasteiger charge is 2.27.